The number of aryl methyl sites for hydroxylation is 1. The highest BCUT2D eigenvalue weighted by Crippen LogP contribution is 2.31. The number of nitrogens with one attached hydrogen (secondary N) is 2. The molecule has 0 spiro atoms. The van der Waals surface area contributed by atoms with Crippen molar-refractivity contribution in [1.82, 2.24) is 9.80 Å². The lowest BCUT2D eigenvalue weighted by Gasteiger charge is -2.34. The fourth-order valence-corrected chi connectivity index (χ4v) is 4.68. The van der Waals surface area contributed by atoms with Crippen LogP contribution in [0.15, 0.2) is 48.5 Å². The summed E-state index contributed by atoms with van der Waals surface area (Å²) in [6.45, 7) is 3.25. The largest absolute Gasteiger partial charge is 0.334 e. The fraction of sp³-hybridized carbons (Fsp3) is 0.346. The molecule has 1 saturated heterocycles. The molecule has 9 heteroatoms. The van der Waals surface area contributed by atoms with Gasteiger partial charge in [0.25, 0.3) is 5.91 Å². The predicted molar refractivity (Wildman–Crippen MR) is 130 cm³/mol. The van der Waals surface area contributed by atoms with Crippen molar-refractivity contribution in [2.75, 3.05) is 17.2 Å². The lowest BCUT2D eigenvalue weighted by Crippen LogP contribution is -2.46. The number of hydrogen-bond donors (Lipinski definition) is 2. The minimum atomic E-state index is -1.01. The Balaban J connectivity index is 1.45. The van der Waals surface area contributed by atoms with Crippen molar-refractivity contribution in [2.24, 2.45) is 5.92 Å². The number of para-hydroxylation sites is 1. The van der Waals surface area contributed by atoms with E-state index in [4.69, 9.17) is 0 Å². The second-order valence-electron chi connectivity index (χ2n) is 9.10. The number of hydrogen-bond acceptors (Lipinski definition) is 5. The summed E-state index contributed by atoms with van der Waals surface area (Å²) in [5.41, 5.74) is 2.04. The Hall–Kier alpha value is -4.01. The fourth-order valence-electron chi connectivity index (χ4n) is 4.68. The minimum absolute atomic E-state index is 0.0945. The first-order valence-electron chi connectivity index (χ1n) is 11.7. The number of imide groups is 2. The maximum Gasteiger partial charge on any atom is 0.334 e. The van der Waals surface area contributed by atoms with E-state index >= 15 is 0 Å². The molecule has 2 atom stereocenters. The van der Waals surface area contributed by atoms with Crippen molar-refractivity contribution in [3.8, 4) is 0 Å². The first-order chi connectivity index (χ1) is 16.8. The maximum atomic E-state index is 12.9. The topological polar surface area (TPSA) is 116 Å². The number of amides is 6. The third-order valence-corrected chi connectivity index (χ3v) is 6.51. The van der Waals surface area contributed by atoms with Gasteiger partial charge in [-0.2, -0.15) is 0 Å². The number of nitrogens with zero attached hydrogens (tertiary/aromatic N) is 2. The second kappa shape index (κ2) is 10.1. The van der Waals surface area contributed by atoms with Gasteiger partial charge in [0.2, 0.25) is 5.91 Å². The van der Waals surface area contributed by atoms with Gasteiger partial charge in [-0.15, -0.1) is 0 Å². The van der Waals surface area contributed by atoms with Crippen LogP contribution in [0.4, 0.5) is 16.2 Å². The van der Waals surface area contributed by atoms with E-state index in [0.717, 1.165) is 29.7 Å². The molecule has 1 aliphatic carbocycles. The Labute approximate surface area is 203 Å². The number of carbonyl (C=O) groups is 5. The summed E-state index contributed by atoms with van der Waals surface area (Å²) in [5.74, 6) is -2.91. The third-order valence-electron chi connectivity index (χ3n) is 6.51. The summed E-state index contributed by atoms with van der Waals surface area (Å²) in [7, 11) is 0. The van der Waals surface area contributed by atoms with Gasteiger partial charge in [0.15, 0.2) is 0 Å². The van der Waals surface area contributed by atoms with Gasteiger partial charge in [-0.1, -0.05) is 44.0 Å². The smallest absolute Gasteiger partial charge is 0.324 e. The number of urea groups is 1. The summed E-state index contributed by atoms with van der Waals surface area (Å²) < 4.78 is 0. The summed E-state index contributed by atoms with van der Waals surface area (Å²) in [5, 5.41) is 5.39. The van der Waals surface area contributed by atoms with E-state index in [1.54, 1.807) is 30.3 Å². The molecule has 2 unspecified atom stereocenters. The average Bonchev–Trinajstić information content (AvgIpc) is 3.03. The van der Waals surface area contributed by atoms with Gasteiger partial charge in [0.1, 0.15) is 6.54 Å². The lowest BCUT2D eigenvalue weighted by molar-refractivity contribution is -0.145. The van der Waals surface area contributed by atoms with Gasteiger partial charge in [-0.3, -0.25) is 24.1 Å². The molecule has 1 aliphatic heterocycles. The van der Waals surface area contributed by atoms with Gasteiger partial charge in [-0.05, 0) is 55.5 Å². The summed E-state index contributed by atoms with van der Waals surface area (Å²) >= 11 is 0. The highest BCUT2D eigenvalue weighted by Gasteiger charge is 2.49. The molecule has 182 valence electrons. The molecule has 0 aromatic heterocycles. The number of rotatable bonds is 6. The monoisotopic (exact) mass is 476 g/mol. The summed E-state index contributed by atoms with van der Waals surface area (Å²) in [6, 6.07) is 12.6. The Bertz CT molecular complexity index is 1190. The van der Waals surface area contributed by atoms with Gasteiger partial charge < -0.3 is 10.6 Å². The van der Waals surface area contributed by atoms with E-state index in [1.807, 2.05) is 32.0 Å². The van der Waals surface area contributed by atoms with Crippen LogP contribution in [0, 0.1) is 12.8 Å². The molecule has 9 nitrogen and oxygen atoms in total. The molecule has 4 rings (SSSR count). The molecule has 2 fully saturated rings. The van der Waals surface area contributed by atoms with Crippen molar-refractivity contribution in [1.29, 1.82) is 0 Å². The average molecular weight is 477 g/mol. The zero-order valence-electron chi connectivity index (χ0n) is 19.7. The number of anilines is 2. The Kier molecular flexibility index (Phi) is 6.95. The number of benzene rings is 2. The molecule has 35 heavy (non-hydrogen) atoms. The van der Waals surface area contributed by atoms with E-state index in [2.05, 4.69) is 10.6 Å². The zero-order chi connectivity index (χ0) is 25.1. The molecule has 0 bridgehead atoms. The molecule has 0 radical (unpaired) electrons. The Morgan fingerprint density at radius 2 is 1.69 bits per heavy atom. The van der Waals surface area contributed by atoms with Gasteiger partial charge in [0.05, 0.1) is 11.3 Å². The standard InChI is InChI=1S/C26H28N4O5/c1-16-8-7-10-18(14-16)27-23(32)19-11-4-5-12-20(19)28-22(31)15-29-24(33)25(34)30(26(29)35)21-13-6-3-9-17(21)2/h4-5,7-8,10-12,14,17,21H,3,6,9,13,15H2,1-2H3,(H,27,32)(H,28,31). The molecule has 6 amide bonds. The summed E-state index contributed by atoms with van der Waals surface area (Å²) in [4.78, 5) is 65.4. The second-order valence-corrected chi connectivity index (χ2v) is 9.10. The van der Waals surface area contributed by atoms with E-state index in [9.17, 15) is 24.0 Å². The van der Waals surface area contributed by atoms with E-state index in [0.29, 0.717) is 17.0 Å². The van der Waals surface area contributed by atoms with Gasteiger partial charge in [0, 0.05) is 11.7 Å². The highest BCUT2D eigenvalue weighted by molar-refractivity contribution is 6.45. The molecule has 1 heterocycles. The molecular formula is C26H28N4O5. The van der Waals surface area contributed by atoms with Crippen LogP contribution in [-0.4, -0.2) is 52.0 Å². The molecular weight excluding hydrogens is 448 g/mol. The van der Waals surface area contributed by atoms with Crippen LogP contribution >= 0.6 is 0 Å². The third kappa shape index (κ3) is 5.08. The van der Waals surface area contributed by atoms with Gasteiger partial charge in [-0.25, -0.2) is 9.69 Å². The normalized spacial score (nSPS) is 20.2. The van der Waals surface area contributed by atoms with Crippen LogP contribution in [-0.2, 0) is 14.4 Å². The minimum Gasteiger partial charge on any atom is -0.324 e. The van der Waals surface area contributed by atoms with Gasteiger partial charge >= 0.3 is 17.8 Å². The predicted octanol–water partition coefficient (Wildman–Crippen LogP) is 3.56. The first-order valence-corrected chi connectivity index (χ1v) is 11.7. The van der Waals surface area contributed by atoms with Crippen LogP contribution in [0.1, 0.15) is 48.5 Å². The Morgan fingerprint density at radius 3 is 2.43 bits per heavy atom. The molecule has 2 aliphatic rings. The van der Waals surface area contributed by atoms with Crippen molar-refractivity contribution in [3.05, 3.63) is 59.7 Å². The maximum absolute atomic E-state index is 12.9. The van der Waals surface area contributed by atoms with Crippen molar-refractivity contribution < 1.29 is 24.0 Å². The quantitative estimate of drug-likeness (QED) is 0.489. The van der Waals surface area contributed by atoms with Crippen LogP contribution in [0.25, 0.3) is 0 Å². The van der Waals surface area contributed by atoms with Crippen LogP contribution < -0.4 is 10.6 Å². The van der Waals surface area contributed by atoms with Crippen LogP contribution in [0.3, 0.4) is 0 Å². The molecule has 2 N–H and O–H groups in total. The molecule has 2 aromatic carbocycles. The number of carbonyl (C=O) groups excluding carboxylic acids is 5. The summed E-state index contributed by atoms with van der Waals surface area (Å²) in [6.07, 6.45) is 3.42. The lowest BCUT2D eigenvalue weighted by atomic mass is 9.85. The van der Waals surface area contributed by atoms with Crippen molar-refractivity contribution in [2.45, 2.75) is 45.6 Å². The molecule has 1 saturated carbocycles. The van der Waals surface area contributed by atoms with Crippen molar-refractivity contribution >= 4 is 41.0 Å². The SMILES string of the molecule is Cc1cccc(NC(=O)c2ccccc2NC(=O)CN2C(=O)C(=O)N(C3CCCCC3C)C2=O)c1. The zero-order valence-corrected chi connectivity index (χ0v) is 19.7. The first kappa shape index (κ1) is 24.1. The Morgan fingerprint density at radius 1 is 0.943 bits per heavy atom. The highest BCUT2D eigenvalue weighted by atomic mass is 16.2. The van der Waals surface area contributed by atoms with E-state index in [1.165, 1.54) is 0 Å². The van der Waals surface area contributed by atoms with Crippen LogP contribution in [0.5, 0.6) is 0 Å². The van der Waals surface area contributed by atoms with E-state index in [-0.39, 0.29) is 23.2 Å². The van der Waals surface area contributed by atoms with Crippen LogP contribution in [0.2, 0.25) is 0 Å². The molecule has 2 aromatic rings. The van der Waals surface area contributed by atoms with E-state index < -0.39 is 36.2 Å². The van der Waals surface area contributed by atoms with Crippen molar-refractivity contribution in [3.63, 3.8) is 0 Å².